The second kappa shape index (κ2) is 3.94. The van der Waals surface area contributed by atoms with E-state index in [2.05, 4.69) is 13.0 Å². The molecular weight excluding hydrogens is 222 g/mol. The summed E-state index contributed by atoms with van der Waals surface area (Å²) >= 11 is 6.21. The van der Waals surface area contributed by atoms with Gasteiger partial charge in [-0.3, -0.25) is 0 Å². The smallest absolute Gasteiger partial charge is 0.141 e. The fourth-order valence-corrected chi connectivity index (χ4v) is 2.76. The lowest BCUT2D eigenvalue weighted by molar-refractivity contribution is 0.398. The van der Waals surface area contributed by atoms with Crippen molar-refractivity contribution in [1.82, 2.24) is 0 Å². The van der Waals surface area contributed by atoms with Crippen molar-refractivity contribution in [2.45, 2.75) is 38.1 Å². The monoisotopic (exact) mass is 239 g/mol. The van der Waals surface area contributed by atoms with E-state index in [9.17, 15) is 0 Å². The van der Waals surface area contributed by atoms with Gasteiger partial charge in [0.05, 0.1) is 12.1 Å². The van der Waals surface area contributed by atoms with Crippen molar-refractivity contribution in [3.63, 3.8) is 0 Å². The summed E-state index contributed by atoms with van der Waals surface area (Å²) < 4.78 is 5.42. The molecule has 0 spiro atoms. The molecule has 1 aliphatic rings. The molecule has 1 atom stereocenters. The van der Waals surface area contributed by atoms with Crippen LogP contribution in [0, 0.1) is 6.92 Å². The highest BCUT2D eigenvalue weighted by atomic mass is 35.5. The van der Waals surface area contributed by atoms with Gasteiger partial charge in [0, 0.05) is 17.0 Å². The summed E-state index contributed by atoms with van der Waals surface area (Å²) in [7, 11) is 1.66. The molecule has 1 unspecified atom stereocenters. The Labute approximate surface area is 102 Å². The Balaban J connectivity index is 2.55. The zero-order valence-corrected chi connectivity index (χ0v) is 10.8. The second-order valence-electron chi connectivity index (χ2n) is 4.77. The van der Waals surface area contributed by atoms with Gasteiger partial charge in [0.2, 0.25) is 0 Å². The first-order valence-corrected chi connectivity index (χ1v) is 5.99. The molecule has 88 valence electrons. The van der Waals surface area contributed by atoms with Gasteiger partial charge in [-0.2, -0.15) is 0 Å². The topological polar surface area (TPSA) is 35.2 Å². The Morgan fingerprint density at radius 1 is 1.44 bits per heavy atom. The highest BCUT2D eigenvalue weighted by Gasteiger charge is 2.49. The fourth-order valence-electron chi connectivity index (χ4n) is 2.41. The number of rotatable bonds is 3. The van der Waals surface area contributed by atoms with E-state index in [1.165, 1.54) is 5.56 Å². The van der Waals surface area contributed by atoms with Crippen molar-refractivity contribution in [2.75, 3.05) is 7.11 Å². The molecule has 2 nitrogen and oxygen atoms in total. The van der Waals surface area contributed by atoms with Gasteiger partial charge in [-0.25, -0.2) is 0 Å². The molecule has 0 saturated heterocycles. The first-order chi connectivity index (χ1) is 7.51. The lowest BCUT2D eigenvalue weighted by Gasteiger charge is -2.23. The van der Waals surface area contributed by atoms with Crippen LogP contribution in [0.2, 0.25) is 5.02 Å². The molecule has 2 N–H and O–H groups in total. The largest absolute Gasteiger partial charge is 0.495 e. The minimum absolute atomic E-state index is 0.0843. The molecule has 0 aromatic heterocycles. The molecule has 0 heterocycles. The van der Waals surface area contributed by atoms with E-state index in [4.69, 9.17) is 22.1 Å². The van der Waals surface area contributed by atoms with Crippen molar-refractivity contribution >= 4 is 11.6 Å². The highest BCUT2D eigenvalue weighted by molar-refractivity contribution is 6.32. The van der Waals surface area contributed by atoms with E-state index in [1.807, 2.05) is 13.0 Å². The van der Waals surface area contributed by atoms with Crippen LogP contribution in [0.5, 0.6) is 5.75 Å². The van der Waals surface area contributed by atoms with Crippen LogP contribution in [0.15, 0.2) is 12.1 Å². The number of hydrogen-bond donors (Lipinski definition) is 1. The molecular formula is C13H18ClNO. The number of methoxy groups -OCH3 is 1. The van der Waals surface area contributed by atoms with Crippen LogP contribution in [-0.2, 0) is 5.41 Å². The summed E-state index contributed by atoms with van der Waals surface area (Å²) in [5.41, 5.74) is 8.51. The van der Waals surface area contributed by atoms with Gasteiger partial charge in [0.25, 0.3) is 0 Å². The SMILES string of the molecule is COc1c(Cl)cc(C)cc1C1(C(C)N)CC1. The summed E-state index contributed by atoms with van der Waals surface area (Å²) in [6.07, 6.45) is 2.25. The van der Waals surface area contributed by atoms with Gasteiger partial charge in [0.15, 0.2) is 0 Å². The number of ether oxygens (including phenoxy) is 1. The molecule has 0 amide bonds. The molecule has 0 aliphatic heterocycles. The summed E-state index contributed by atoms with van der Waals surface area (Å²) in [5.74, 6) is 0.794. The zero-order chi connectivity index (χ0) is 11.9. The van der Waals surface area contributed by atoms with E-state index in [-0.39, 0.29) is 11.5 Å². The third-order valence-corrected chi connectivity index (χ3v) is 3.87. The number of nitrogens with two attached hydrogens (primary N) is 1. The van der Waals surface area contributed by atoms with E-state index in [0.29, 0.717) is 5.02 Å². The molecule has 1 aromatic rings. The van der Waals surface area contributed by atoms with E-state index in [1.54, 1.807) is 7.11 Å². The summed E-state index contributed by atoms with van der Waals surface area (Å²) in [4.78, 5) is 0. The molecule has 1 fully saturated rings. The molecule has 0 bridgehead atoms. The number of aryl methyl sites for hydroxylation is 1. The number of hydrogen-bond acceptors (Lipinski definition) is 2. The second-order valence-corrected chi connectivity index (χ2v) is 5.18. The molecule has 16 heavy (non-hydrogen) atoms. The van der Waals surface area contributed by atoms with E-state index in [0.717, 1.165) is 24.2 Å². The standard InChI is InChI=1S/C13H18ClNO/c1-8-6-10(12(16-3)11(14)7-8)13(4-5-13)9(2)15/h6-7,9H,4-5,15H2,1-3H3. The van der Waals surface area contributed by atoms with Crippen LogP contribution in [0.3, 0.4) is 0 Å². The quantitative estimate of drug-likeness (QED) is 0.880. The summed E-state index contributed by atoms with van der Waals surface area (Å²) in [6, 6.07) is 4.22. The summed E-state index contributed by atoms with van der Waals surface area (Å²) in [6.45, 7) is 4.11. The Morgan fingerprint density at radius 2 is 2.06 bits per heavy atom. The molecule has 1 saturated carbocycles. The van der Waals surface area contributed by atoms with Crippen molar-refractivity contribution in [3.05, 3.63) is 28.3 Å². The minimum atomic E-state index is 0.0843. The predicted molar refractivity (Wildman–Crippen MR) is 67.3 cm³/mol. The average Bonchev–Trinajstić information content (AvgIpc) is 2.97. The van der Waals surface area contributed by atoms with Gasteiger partial charge >= 0.3 is 0 Å². The first kappa shape index (κ1) is 11.7. The molecule has 1 aliphatic carbocycles. The van der Waals surface area contributed by atoms with Crippen LogP contribution < -0.4 is 10.5 Å². The maximum atomic E-state index is 6.21. The maximum Gasteiger partial charge on any atom is 0.141 e. The van der Waals surface area contributed by atoms with Crippen LogP contribution in [0.25, 0.3) is 0 Å². The molecule has 0 radical (unpaired) electrons. The third-order valence-electron chi connectivity index (χ3n) is 3.59. The molecule has 2 rings (SSSR count). The lowest BCUT2D eigenvalue weighted by atomic mass is 9.88. The Hall–Kier alpha value is -0.730. The van der Waals surface area contributed by atoms with Gasteiger partial charge < -0.3 is 10.5 Å². The van der Waals surface area contributed by atoms with E-state index < -0.39 is 0 Å². The summed E-state index contributed by atoms with van der Waals surface area (Å²) in [5, 5.41) is 0.685. The lowest BCUT2D eigenvalue weighted by Crippen LogP contribution is -2.32. The fraction of sp³-hybridized carbons (Fsp3) is 0.538. The van der Waals surface area contributed by atoms with Gasteiger partial charge in [-0.15, -0.1) is 0 Å². The molecule has 1 aromatic carbocycles. The highest BCUT2D eigenvalue weighted by Crippen LogP contribution is 2.54. The van der Waals surface area contributed by atoms with Crippen LogP contribution in [0.4, 0.5) is 0 Å². The normalized spacial score (nSPS) is 19.3. The van der Waals surface area contributed by atoms with Crippen molar-refractivity contribution in [1.29, 1.82) is 0 Å². The zero-order valence-electron chi connectivity index (χ0n) is 10.0. The first-order valence-electron chi connectivity index (χ1n) is 5.61. The van der Waals surface area contributed by atoms with Crippen molar-refractivity contribution < 1.29 is 4.74 Å². The van der Waals surface area contributed by atoms with Crippen LogP contribution >= 0.6 is 11.6 Å². The van der Waals surface area contributed by atoms with Crippen molar-refractivity contribution in [2.24, 2.45) is 5.73 Å². The Kier molecular flexibility index (Phi) is 2.89. The number of halogens is 1. The molecule has 3 heteroatoms. The average molecular weight is 240 g/mol. The Bertz CT molecular complexity index is 411. The van der Waals surface area contributed by atoms with Crippen molar-refractivity contribution in [3.8, 4) is 5.75 Å². The van der Waals surface area contributed by atoms with Gasteiger partial charge in [-0.1, -0.05) is 17.7 Å². The number of benzene rings is 1. The minimum Gasteiger partial charge on any atom is -0.495 e. The van der Waals surface area contributed by atoms with Crippen LogP contribution in [0.1, 0.15) is 30.9 Å². The maximum absolute atomic E-state index is 6.21. The van der Waals surface area contributed by atoms with Crippen LogP contribution in [-0.4, -0.2) is 13.2 Å². The third kappa shape index (κ3) is 1.70. The Morgan fingerprint density at radius 3 is 2.50 bits per heavy atom. The van der Waals surface area contributed by atoms with Gasteiger partial charge in [-0.05, 0) is 38.3 Å². The van der Waals surface area contributed by atoms with E-state index >= 15 is 0 Å². The predicted octanol–water partition coefficient (Wildman–Crippen LogP) is 3.04. The van der Waals surface area contributed by atoms with Gasteiger partial charge in [0.1, 0.15) is 5.75 Å².